The molecule has 2 aromatic rings. The molecule has 1 spiro atoms. The number of carbonyl (C=O) groups is 2. The Balaban J connectivity index is 1.53. The highest BCUT2D eigenvalue weighted by molar-refractivity contribution is 6.71. The van der Waals surface area contributed by atoms with Gasteiger partial charge in [-0.3, -0.25) is 9.59 Å². The Bertz CT molecular complexity index is 1180. The zero-order valence-electron chi connectivity index (χ0n) is 21.2. The van der Waals surface area contributed by atoms with Gasteiger partial charge in [0.15, 0.2) is 13.9 Å². The van der Waals surface area contributed by atoms with Crippen LogP contribution < -0.4 is 14.5 Å². The van der Waals surface area contributed by atoms with Gasteiger partial charge in [-0.1, -0.05) is 19.1 Å². The van der Waals surface area contributed by atoms with Crippen molar-refractivity contribution in [2.24, 2.45) is 5.92 Å². The molecule has 0 aromatic heterocycles. The summed E-state index contributed by atoms with van der Waals surface area (Å²) in [6.07, 6.45) is 0.515. The van der Waals surface area contributed by atoms with Gasteiger partial charge >= 0.3 is 0 Å². The first kappa shape index (κ1) is 24.9. The number of hydrogen-bond acceptors (Lipinski definition) is 6. The van der Waals surface area contributed by atoms with E-state index in [0.29, 0.717) is 25.1 Å². The number of aliphatic hydroxyl groups is 1. The molecule has 192 valence electrons. The number of amides is 2. The minimum Gasteiger partial charge on any atom is -0.497 e. The van der Waals surface area contributed by atoms with Crippen LogP contribution in [-0.4, -0.2) is 56.4 Å². The second-order valence-electron chi connectivity index (χ2n) is 10.6. The highest BCUT2D eigenvalue weighted by atomic mass is 28.4. The van der Waals surface area contributed by atoms with E-state index in [1.54, 1.807) is 16.9 Å². The summed E-state index contributed by atoms with van der Waals surface area (Å²) in [4.78, 5) is 40.7. The third kappa shape index (κ3) is 3.76. The molecular weight excluding hydrogens is 476 g/mol. The van der Waals surface area contributed by atoms with Crippen molar-refractivity contribution in [3.05, 3.63) is 53.6 Å². The summed E-state index contributed by atoms with van der Waals surface area (Å²) < 4.78 is 12.1. The number of ether oxygens (including phenoxy) is 2. The summed E-state index contributed by atoms with van der Waals surface area (Å²) in [7, 11) is -1.15. The third-order valence-electron chi connectivity index (χ3n) is 8.04. The molecule has 2 aromatic carbocycles. The Morgan fingerprint density at radius 3 is 2.44 bits per heavy atom. The molecule has 4 atom stereocenters. The zero-order chi connectivity index (χ0) is 25.8. The molecule has 2 fully saturated rings. The molecule has 0 saturated carbocycles. The summed E-state index contributed by atoms with van der Waals surface area (Å²) >= 11 is 0. The standard InChI is InChI=1S/C27H34N2O6Si/c1-17-25(36(3,4)33)23(12-14-30)35-27(17)21-15-20(34-2)9-10-22(21)29(26(27)32)16-18-5-7-19(8-6-18)28-13-11-24(28)31/h5-10,15,17,23,25,30,33H,11-14,16H2,1-4H3/t17-,23+,25-,27+/m0/s1. The molecule has 3 aliphatic rings. The Labute approximate surface area is 212 Å². The van der Waals surface area contributed by atoms with E-state index in [9.17, 15) is 19.5 Å². The van der Waals surface area contributed by atoms with Gasteiger partial charge in [0, 0.05) is 42.3 Å². The third-order valence-corrected chi connectivity index (χ3v) is 10.5. The Kier molecular flexibility index (Phi) is 6.23. The lowest BCUT2D eigenvalue weighted by Crippen LogP contribution is -2.46. The second kappa shape index (κ2) is 8.99. The van der Waals surface area contributed by atoms with E-state index in [0.717, 1.165) is 29.0 Å². The maximum absolute atomic E-state index is 14.3. The highest BCUT2D eigenvalue weighted by Gasteiger charge is 2.66. The first-order valence-corrected chi connectivity index (χ1v) is 15.5. The molecule has 2 saturated heterocycles. The summed E-state index contributed by atoms with van der Waals surface area (Å²) in [5, 5.41) is 9.73. The van der Waals surface area contributed by atoms with Crippen molar-refractivity contribution in [2.75, 3.05) is 30.1 Å². The molecule has 0 aliphatic carbocycles. The van der Waals surface area contributed by atoms with Crippen LogP contribution in [0.5, 0.6) is 5.75 Å². The maximum Gasteiger partial charge on any atom is 0.264 e. The maximum atomic E-state index is 14.3. The Hall–Kier alpha value is -2.72. The number of carbonyl (C=O) groups excluding carboxylic acids is 2. The molecule has 5 rings (SSSR count). The minimum atomic E-state index is -2.74. The summed E-state index contributed by atoms with van der Waals surface area (Å²) in [6, 6.07) is 13.3. The van der Waals surface area contributed by atoms with Gasteiger partial charge in [0.25, 0.3) is 5.91 Å². The van der Waals surface area contributed by atoms with Crippen molar-refractivity contribution in [1.82, 2.24) is 0 Å². The summed E-state index contributed by atoms with van der Waals surface area (Å²) in [5.41, 5.74) is 1.82. The van der Waals surface area contributed by atoms with E-state index < -0.39 is 20.0 Å². The van der Waals surface area contributed by atoms with E-state index in [2.05, 4.69) is 0 Å². The van der Waals surface area contributed by atoms with Gasteiger partial charge in [-0.15, -0.1) is 0 Å². The predicted molar refractivity (Wildman–Crippen MR) is 138 cm³/mol. The van der Waals surface area contributed by atoms with E-state index in [-0.39, 0.29) is 29.9 Å². The fourth-order valence-electron chi connectivity index (χ4n) is 6.29. The molecule has 0 bridgehead atoms. The minimum absolute atomic E-state index is 0.0802. The molecule has 36 heavy (non-hydrogen) atoms. The van der Waals surface area contributed by atoms with Gasteiger partial charge in [-0.2, -0.15) is 0 Å². The lowest BCUT2D eigenvalue weighted by atomic mass is 9.82. The van der Waals surface area contributed by atoms with Crippen molar-refractivity contribution < 1.29 is 29.0 Å². The van der Waals surface area contributed by atoms with Gasteiger partial charge in [-0.05, 0) is 55.4 Å². The van der Waals surface area contributed by atoms with Crippen LogP contribution in [0.1, 0.15) is 30.9 Å². The van der Waals surface area contributed by atoms with Gasteiger partial charge in [0.1, 0.15) is 5.75 Å². The fourth-order valence-corrected chi connectivity index (χ4v) is 8.89. The van der Waals surface area contributed by atoms with Crippen LogP contribution in [0.4, 0.5) is 11.4 Å². The van der Waals surface area contributed by atoms with Crippen LogP contribution in [0.3, 0.4) is 0 Å². The average Bonchev–Trinajstić information content (AvgIpc) is 3.26. The summed E-state index contributed by atoms with van der Waals surface area (Å²) in [5.74, 6) is 0.301. The number of aliphatic hydroxyl groups excluding tert-OH is 1. The Morgan fingerprint density at radius 1 is 1.17 bits per heavy atom. The topological polar surface area (TPSA) is 99.5 Å². The molecule has 2 N–H and O–H groups in total. The normalized spacial score (nSPS) is 27.6. The van der Waals surface area contributed by atoms with Crippen LogP contribution in [-0.2, 0) is 26.5 Å². The van der Waals surface area contributed by atoms with E-state index >= 15 is 0 Å². The highest BCUT2D eigenvalue weighted by Crippen LogP contribution is 2.60. The predicted octanol–water partition coefficient (Wildman–Crippen LogP) is 3.16. The number of benzene rings is 2. The zero-order valence-corrected chi connectivity index (χ0v) is 22.2. The lowest BCUT2D eigenvalue weighted by Gasteiger charge is -2.32. The number of methoxy groups -OCH3 is 1. The number of anilines is 2. The van der Waals surface area contributed by atoms with Crippen LogP contribution in [0, 0.1) is 5.92 Å². The van der Waals surface area contributed by atoms with Crippen LogP contribution >= 0.6 is 0 Å². The molecule has 8 nitrogen and oxygen atoms in total. The molecule has 0 radical (unpaired) electrons. The van der Waals surface area contributed by atoms with Crippen molar-refractivity contribution >= 4 is 31.5 Å². The van der Waals surface area contributed by atoms with Crippen LogP contribution in [0.25, 0.3) is 0 Å². The molecule has 0 unspecified atom stereocenters. The number of nitrogens with zero attached hydrogens (tertiary/aromatic N) is 2. The van der Waals surface area contributed by atoms with E-state index in [4.69, 9.17) is 9.47 Å². The van der Waals surface area contributed by atoms with Crippen molar-refractivity contribution in [3.8, 4) is 5.75 Å². The smallest absolute Gasteiger partial charge is 0.264 e. The number of hydrogen-bond donors (Lipinski definition) is 2. The van der Waals surface area contributed by atoms with E-state index in [1.807, 2.05) is 62.5 Å². The molecule has 9 heteroatoms. The van der Waals surface area contributed by atoms with Gasteiger partial charge in [0.05, 0.1) is 25.4 Å². The first-order valence-electron chi connectivity index (χ1n) is 12.5. The Morgan fingerprint density at radius 2 is 1.89 bits per heavy atom. The van der Waals surface area contributed by atoms with Crippen molar-refractivity contribution in [2.45, 2.75) is 56.7 Å². The average molecular weight is 511 g/mol. The van der Waals surface area contributed by atoms with Crippen molar-refractivity contribution in [3.63, 3.8) is 0 Å². The van der Waals surface area contributed by atoms with Gasteiger partial charge in [-0.25, -0.2) is 0 Å². The number of rotatable bonds is 7. The lowest BCUT2D eigenvalue weighted by molar-refractivity contribution is -0.146. The quantitative estimate of drug-likeness (QED) is 0.439. The van der Waals surface area contributed by atoms with Gasteiger partial charge in [0.2, 0.25) is 5.91 Å². The van der Waals surface area contributed by atoms with Crippen LogP contribution in [0.2, 0.25) is 18.6 Å². The SMILES string of the molecule is COc1ccc2c(c1)[C@@]1(O[C@H](CCO)[C@@H]([Si](C)(C)O)[C@@H]1C)C(=O)N2Cc1ccc(N2CCC2=O)cc1. The summed E-state index contributed by atoms with van der Waals surface area (Å²) in [6.45, 7) is 6.72. The fraction of sp³-hybridized carbons (Fsp3) is 0.481. The number of β-lactam (4-membered cyclic amide) rings is 1. The van der Waals surface area contributed by atoms with Crippen molar-refractivity contribution in [1.29, 1.82) is 0 Å². The first-order chi connectivity index (χ1) is 17.1. The molecule has 3 heterocycles. The molecular formula is C27H34N2O6Si. The molecule has 3 aliphatic heterocycles. The molecule has 2 amide bonds. The number of fused-ring (bicyclic) bond motifs is 2. The largest absolute Gasteiger partial charge is 0.497 e. The van der Waals surface area contributed by atoms with Gasteiger partial charge < -0.3 is 29.2 Å². The van der Waals surface area contributed by atoms with E-state index in [1.165, 1.54) is 0 Å². The second-order valence-corrected chi connectivity index (χ2v) is 14.6. The monoisotopic (exact) mass is 510 g/mol. The van der Waals surface area contributed by atoms with Crippen LogP contribution in [0.15, 0.2) is 42.5 Å².